The number of anilines is 2. The quantitative estimate of drug-likeness (QED) is 0.732. The number of rotatable bonds is 3. The number of nitrogens with one attached hydrogen (secondary N) is 1. The van der Waals surface area contributed by atoms with Crippen LogP contribution in [0.15, 0.2) is 18.2 Å². The molecule has 100 valence electrons. The molecule has 0 amide bonds. The lowest BCUT2D eigenvalue weighted by molar-refractivity contribution is -0.136. The molecule has 3 nitrogen and oxygen atoms in total. The smallest absolute Gasteiger partial charge is 0.398 e. The van der Waals surface area contributed by atoms with Crippen molar-refractivity contribution in [2.75, 3.05) is 17.7 Å². The second-order valence-electron chi connectivity index (χ2n) is 4.72. The van der Waals surface area contributed by atoms with Crippen molar-refractivity contribution in [1.82, 2.24) is 0 Å². The second-order valence-corrected chi connectivity index (χ2v) is 4.72. The summed E-state index contributed by atoms with van der Waals surface area (Å²) in [6.07, 6.45) is -1.98. The highest BCUT2D eigenvalue weighted by Gasteiger charge is 2.37. The predicted octanol–water partition coefficient (Wildman–Crippen LogP) is 2.61. The number of aliphatic hydroxyl groups is 1. The fourth-order valence-corrected chi connectivity index (χ4v) is 2.11. The SMILES string of the molecule is Nc1ccc(NC2(CO)CCC2)cc1C(F)(F)F. The molecule has 0 unspecified atom stereocenters. The van der Waals surface area contributed by atoms with Crippen LogP contribution in [0.1, 0.15) is 24.8 Å². The number of nitrogens with two attached hydrogens (primary N) is 1. The van der Waals surface area contributed by atoms with E-state index >= 15 is 0 Å². The fraction of sp³-hybridized carbons (Fsp3) is 0.500. The summed E-state index contributed by atoms with van der Waals surface area (Å²) in [6.45, 7) is -0.0846. The minimum atomic E-state index is -4.46. The van der Waals surface area contributed by atoms with E-state index in [0.717, 1.165) is 25.3 Å². The summed E-state index contributed by atoms with van der Waals surface area (Å²) < 4.78 is 38.0. The summed E-state index contributed by atoms with van der Waals surface area (Å²) >= 11 is 0. The van der Waals surface area contributed by atoms with Crippen LogP contribution in [0.2, 0.25) is 0 Å². The van der Waals surface area contributed by atoms with Crippen molar-refractivity contribution in [3.05, 3.63) is 23.8 Å². The van der Waals surface area contributed by atoms with Crippen molar-refractivity contribution in [2.45, 2.75) is 31.0 Å². The lowest BCUT2D eigenvalue weighted by atomic mass is 9.77. The van der Waals surface area contributed by atoms with Gasteiger partial charge in [-0.15, -0.1) is 0 Å². The van der Waals surface area contributed by atoms with Gasteiger partial charge >= 0.3 is 6.18 Å². The second kappa shape index (κ2) is 4.35. The van der Waals surface area contributed by atoms with Gasteiger partial charge in [-0.1, -0.05) is 0 Å². The van der Waals surface area contributed by atoms with E-state index in [1.54, 1.807) is 0 Å². The van der Waals surface area contributed by atoms with Crippen LogP contribution < -0.4 is 11.1 Å². The topological polar surface area (TPSA) is 58.3 Å². The van der Waals surface area contributed by atoms with Gasteiger partial charge in [0.1, 0.15) is 0 Å². The Morgan fingerprint density at radius 2 is 2.00 bits per heavy atom. The molecule has 1 aliphatic carbocycles. The van der Waals surface area contributed by atoms with E-state index < -0.39 is 17.3 Å². The maximum absolute atomic E-state index is 12.7. The van der Waals surface area contributed by atoms with E-state index in [9.17, 15) is 18.3 Å². The predicted molar refractivity (Wildman–Crippen MR) is 63.1 cm³/mol. The van der Waals surface area contributed by atoms with Crippen molar-refractivity contribution in [3.63, 3.8) is 0 Å². The highest BCUT2D eigenvalue weighted by Crippen LogP contribution is 2.38. The third kappa shape index (κ3) is 2.38. The fourth-order valence-electron chi connectivity index (χ4n) is 2.11. The molecule has 4 N–H and O–H groups in total. The van der Waals surface area contributed by atoms with Gasteiger partial charge in [-0.25, -0.2) is 0 Å². The molecule has 6 heteroatoms. The molecule has 2 rings (SSSR count). The van der Waals surface area contributed by atoms with Gasteiger partial charge in [0.25, 0.3) is 0 Å². The molecule has 0 heterocycles. The van der Waals surface area contributed by atoms with Crippen LogP contribution in [0.5, 0.6) is 0 Å². The average Bonchev–Trinajstić information content (AvgIpc) is 2.24. The van der Waals surface area contributed by atoms with Gasteiger partial charge in [-0.3, -0.25) is 0 Å². The minimum Gasteiger partial charge on any atom is -0.398 e. The molecule has 0 saturated heterocycles. The molecular weight excluding hydrogens is 245 g/mol. The van der Waals surface area contributed by atoms with E-state index in [1.165, 1.54) is 12.1 Å². The van der Waals surface area contributed by atoms with E-state index in [4.69, 9.17) is 5.73 Å². The monoisotopic (exact) mass is 260 g/mol. The third-order valence-electron chi connectivity index (χ3n) is 3.38. The summed E-state index contributed by atoms with van der Waals surface area (Å²) in [4.78, 5) is 0. The molecule has 0 atom stereocenters. The van der Waals surface area contributed by atoms with Crippen LogP contribution in [-0.2, 0) is 6.18 Å². The van der Waals surface area contributed by atoms with Crippen LogP contribution in [0.3, 0.4) is 0 Å². The Labute approximate surface area is 103 Å². The molecule has 0 bridgehead atoms. The van der Waals surface area contributed by atoms with Gasteiger partial charge < -0.3 is 16.2 Å². The molecule has 18 heavy (non-hydrogen) atoms. The van der Waals surface area contributed by atoms with Crippen molar-refractivity contribution in [2.24, 2.45) is 0 Å². The Kier molecular flexibility index (Phi) is 3.14. The molecule has 0 aliphatic heterocycles. The largest absolute Gasteiger partial charge is 0.418 e. The molecule has 0 aromatic heterocycles. The first-order chi connectivity index (χ1) is 8.36. The number of hydrogen-bond donors (Lipinski definition) is 3. The van der Waals surface area contributed by atoms with E-state index in [0.29, 0.717) is 5.69 Å². The van der Waals surface area contributed by atoms with Gasteiger partial charge in [0.05, 0.1) is 17.7 Å². The summed E-state index contributed by atoms with van der Waals surface area (Å²) in [5.41, 5.74) is 4.05. The summed E-state index contributed by atoms with van der Waals surface area (Å²) in [5.74, 6) is 0. The number of hydrogen-bond acceptors (Lipinski definition) is 3. The van der Waals surface area contributed by atoms with Gasteiger partial charge in [-0.05, 0) is 37.5 Å². The molecule has 1 aromatic rings. The highest BCUT2D eigenvalue weighted by atomic mass is 19.4. The summed E-state index contributed by atoms with van der Waals surface area (Å²) in [7, 11) is 0. The maximum atomic E-state index is 12.7. The van der Waals surface area contributed by atoms with Crippen LogP contribution in [-0.4, -0.2) is 17.3 Å². The Balaban J connectivity index is 2.25. The summed E-state index contributed by atoms with van der Waals surface area (Å²) in [6, 6.07) is 3.72. The number of alkyl halides is 3. The summed E-state index contributed by atoms with van der Waals surface area (Å²) in [5, 5.41) is 12.2. The third-order valence-corrected chi connectivity index (χ3v) is 3.38. The van der Waals surface area contributed by atoms with Gasteiger partial charge in [0, 0.05) is 11.4 Å². The van der Waals surface area contributed by atoms with E-state index in [2.05, 4.69) is 5.32 Å². The Bertz CT molecular complexity index is 436. The number of benzene rings is 1. The van der Waals surface area contributed by atoms with E-state index in [-0.39, 0.29) is 12.3 Å². The molecule has 1 aliphatic rings. The zero-order chi connectivity index (χ0) is 13.4. The standard InChI is InChI=1S/C12H15F3N2O/c13-12(14,15)9-6-8(2-3-10(9)16)17-11(7-18)4-1-5-11/h2-3,6,17-18H,1,4-5,7,16H2. The van der Waals surface area contributed by atoms with Crippen LogP contribution in [0.4, 0.5) is 24.5 Å². The lowest BCUT2D eigenvalue weighted by Crippen LogP contribution is -2.48. The number of halogens is 3. The van der Waals surface area contributed by atoms with Gasteiger partial charge in [0.15, 0.2) is 0 Å². The van der Waals surface area contributed by atoms with E-state index in [1.807, 2.05) is 0 Å². The van der Waals surface area contributed by atoms with Gasteiger partial charge in [0.2, 0.25) is 0 Å². The number of aliphatic hydroxyl groups excluding tert-OH is 1. The normalized spacial score (nSPS) is 18.2. The molecule has 1 aromatic carbocycles. The van der Waals surface area contributed by atoms with Crippen LogP contribution >= 0.6 is 0 Å². The Hall–Kier alpha value is -1.43. The lowest BCUT2D eigenvalue weighted by Gasteiger charge is -2.42. The molecular formula is C12H15F3N2O. The van der Waals surface area contributed by atoms with Crippen LogP contribution in [0, 0.1) is 0 Å². The average molecular weight is 260 g/mol. The van der Waals surface area contributed by atoms with Crippen molar-refractivity contribution < 1.29 is 18.3 Å². The first-order valence-electron chi connectivity index (χ1n) is 5.72. The zero-order valence-corrected chi connectivity index (χ0v) is 9.72. The highest BCUT2D eigenvalue weighted by molar-refractivity contribution is 5.59. The maximum Gasteiger partial charge on any atom is 0.418 e. The number of nitrogen functional groups attached to an aromatic ring is 1. The first-order valence-corrected chi connectivity index (χ1v) is 5.72. The molecule has 1 fully saturated rings. The Morgan fingerprint density at radius 3 is 2.44 bits per heavy atom. The van der Waals surface area contributed by atoms with Crippen molar-refractivity contribution in [3.8, 4) is 0 Å². The van der Waals surface area contributed by atoms with Gasteiger partial charge in [-0.2, -0.15) is 13.2 Å². The molecule has 0 spiro atoms. The van der Waals surface area contributed by atoms with Crippen LogP contribution in [0.25, 0.3) is 0 Å². The van der Waals surface area contributed by atoms with Crippen molar-refractivity contribution >= 4 is 11.4 Å². The Morgan fingerprint density at radius 1 is 1.33 bits per heavy atom. The molecule has 1 saturated carbocycles. The minimum absolute atomic E-state index is 0.0846. The molecule has 0 radical (unpaired) electrons. The van der Waals surface area contributed by atoms with Crippen molar-refractivity contribution in [1.29, 1.82) is 0 Å². The first kappa shape index (κ1) is 13.0. The zero-order valence-electron chi connectivity index (χ0n) is 9.72.